The molecule has 2 aromatic rings. The predicted molar refractivity (Wildman–Crippen MR) is 133 cm³/mol. The fourth-order valence-corrected chi connectivity index (χ4v) is 6.79. The molecule has 198 valence electrons. The molecular formula is C29H33F3N2O3. The zero-order chi connectivity index (χ0) is 26.2. The quantitative estimate of drug-likeness (QED) is 0.558. The third kappa shape index (κ3) is 5.75. The molecule has 2 saturated carbocycles. The van der Waals surface area contributed by atoms with Gasteiger partial charge >= 0.3 is 6.18 Å². The smallest absolute Gasteiger partial charge is 0.385 e. The molecule has 2 aliphatic carbocycles. The molecule has 0 radical (unpaired) electrons. The number of carbonyl (C=O) groups excluding carboxylic acids is 2. The maximum Gasteiger partial charge on any atom is 0.416 e. The van der Waals surface area contributed by atoms with Crippen molar-refractivity contribution in [1.29, 1.82) is 0 Å². The van der Waals surface area contributed by atoms with Crippen LogP contribution in [0.4, 0.5) is 13.2 Å². The molecule has 1 amide bonds. The van der Waals surface area contributed by atoms with Crippen LogP contribution in [-0.2, 0) is 16.6 Å². The zero-order valence-electron chi connectivity index (χ0n) is 20.7. The van der Waals surface area contributed by atoms with E-state index in [1.165, 1.54) is 12.1 Å². The van der Waals surface area contributed by atoms with Crippen LogP contribution in [0.15, 0.2) is 54.6 Å². The Kier molecular flexibility index (Phi) is 7.16. The van der Waals surface area contributed by atoms with Crippen molar-refractivity contribution >= 4 is 11.7 Å². The summed E-state index contributed by atoms with van der Waals surface area (Å²) in [5, 5.41) is 13.7. The molecule has 0 spiro atoms. The summed E-state index contributed by atoms with van der Waals surface area (Å²) in [6.07, 6.45) is 0.515. The molecule has 3 aliphatic rings. The molecule has 3 fully saturated rings. The average molecular weight is 515 g/mol. The van der Waals surface area contributed by atoms with Gasteiger partial charge in [0, 0.05) is 24.6 Å². The maximum absolute atomic E-state index is 12.9. The van der Waals surface area contributed by atoms with Gasteiger partial charge in [0.1, 0.15) is 0 Å². The maximum atomic E-state index is 12.9. The highest BCUT2D eigenvalue weighted by Gasteiger charge is 2.50. The third-order valence-corrected chi connectivity index (χ3v) is 8.58. The van der Waals surface area contributed by atoms with Crippen molar-refractivity contribution in [1.82, 2.24) is 10.2 Å². The SMILES string of the molecule is O=C(CNC(=O)c1cccc(C(F)(F)F)c1)C[C@@H]1CCN(C2C[C@@H]3CC(O)(c4ccccc4)C[C@@H]3C2)C1. The number of Topliss-reactive ketones (excluding diaryl/α,β-unsaturated/α-hetero) is 1. The molecule has 1 saturated heterocycles. The lowest BCUT2D eigenvalue weighted by Crippen LogP contribution is -2.34. The van der Waals surface area contributed by atoms with E-state index in [0.717, 1.165) is 62.9 Å². The van der Waals surface area contributed by atoms with E-state index < -0.39 is 23.2 Å². The van der Waals surface area contributed by atoms with E-state index in [2.05, 4.69) is 10.2 Å². The van der Waals surface area contributed by atoms with Crippen LogP contribution in [0.3, 0.4) is 0 Å². The molecule has 8 heteroatoms. The second-order valence-electron chi connectivity index (χ2n) is 11.1. The molecular weight excluding hydrogens is 481 g/mol. The Labute approximate surface area is 215 Å². The lowest BCUT2D eigenvalue weighted by molar-refractivity contribution is -0.137. The van der Waals surface area contributed by atoms with E-state index in [1.807, 2.05) is 30.3 Å². The van der Waals surface area contributed by atoms with Crippen molar-refractivity contribution in [2.24, 2.45) is 17.8 Å². The Hall–Kier alpha value is -2.71. The van der Waals surface area contributed by atoms with E-state index >= 15 is 0 Å². The Morgan fingerprint density at radius 2 is 1.73 bits per heavy atom. The van der Waals surface area contributed by atoms with Gasteiger partial charge in [0.15, 0.2) is 5.78 Å². The number of fused-ring (bicyclic) bond motifs is 1. The minimum atomic E-state index is -4.53. The molecule has 2 aromatic carbocycles. The first-order chi connectivity index (χ1) is 17.6. The Morgan fingerprint density at radius 1 is 1.03 bits per heavy atom. The Morgan fingerprint density at radius 3 is 2.41 bits per heavy atom. The van der Waals surface area contributed by atoms with Crippen molar-refractivity contribution in [3.8, 4) is 0 Å². The van der Waals surface area contributed by atoms with E-state index in [1.54, 1.807) is 0 Å². The molecule has 0 aromatic heterocycles. The minimum absolute atomic E-state index is 0.108. The molecule has 2 unspecified atom stereocenters. The van der Waals surface area contributed by atoms with Crippen molar-refractivity contribution in [3.05, 3.63) is 71.3 Å². The number of likely N-dealkylation sites (tertiary alicyclic amines) is 1. The molecule has 5 rings (SSSR count). The fraction of sp³-hybridized carbons (Fsp3) is 0.517. The Balaban J connectivity index is 1.06. The molecule has 1 aliphatic heterocycles. The number of aliphatic hydroxyl groups is 1. The number of rotatable bonds is 7. The topological polar surface area (TPSA) is 69.6 Å². The largest absolute Gasteiger partial charge is 0.416 e. The number of benzene rings is 2. The normalized spacial score (nSPS) is 29.8. The lowest BCUT2D eigenvalue weighted by Gasteiger charge is -2.28. The number of hydrogen-bond donors (Lipinski definition) is 2. The molecule has 0 bridgehead atoms. The summed E-state index contributed by atoms with van der Waals surface area (Å²) >= 11 is 0. The summed E-state index contributed by atoms with van der Waals surface area (Å²) < 4.78 is 38.7. The summed E-state index contributed by atoms with van der Waals surface area (Å²) in [6, 6.07) is 14.6. The van der Waals surface area contributed by atoms with Crippen LogP contribution in [0.25, 0.3) is 0 Å². The molecule has 1 heterocycles. The number of carbonyl (C=O) groups is 2. The second-order valence-corrected chi connectivity index (χ2v) is 11.1. The van der Waals surface area contributed by atoms with Crippen molar-refractivity contribution < 1.29 is 27.9 Å². The van der Waals surface area contributed by atoms with Gasteiger partial charge in [-0.1, -0.05) is 36.4 Å². The molecule has 5 atom stereocenters. The van der Waals surface area contributed by atoms with Crippen molar-refractivity contribution in [2.45, 2.75) is 56.3 Å². The summed E-state index contributed by atoms with van der Waals surface area (Å²) in [4.78, 5) is 27.3. The molecule has 5 nitrogen and oxygen atoms in total. The van der Waals surface area contributed by atoms with Crippen molar-refractivity contribution in [2.75, 3.05) is 19.6 Å². The number of amides is 1. The number of ketones is 1. The number of alkyl halides is 3. The first kappa shape index (κ1) is 25.9. The van der Waals surface area contributed by atoms with Gasteiger partial charge < -0.3 is 15.3 Å². The number of nitrogens with zero attached hydrogens (tertiary/aromatic N) is 1. The zero-order valence-corrected chi connectivity index (χ0v) is 20.7. The van der Waals surface area contributed by atoms with Gasteiger partial charge in [-0.15, -0.1) is 0 Å². The van der Waals surface area contributed by atoms with Gasteiger partial charge in [-0.3, -0.25) is 9.59 Å². The van der Waals surface area contributed by atoms with Crippen LogP contribution >= 0.6 is 0 Å². The monoisotopic (exact) mass is 514 g/mol. The second kappa shape index (κ2) is 10.2. The number of halogens is 3. The van der Waals surface area contributed by atoms with Crippen LogP contribution in [-0.4, -0.2) is 47.4 Å². The van der Waals surface area contributed by atoms with Crippen LogP contribution in [0.1, 0.15) is 60.0 Å². The highest BCUT2D eigenvalue weighted by molar-refractivity contribution is 5.96. The molecule has 37 heavy (non-hydrogen) atoms. The van der Waals surface area contributed by atoms with Gasteiger partial charge in [-0.25, -0.2) is 0 Å². The van der Waals surface area contributed by atoms with E-state index in [9.17, 15) is 27.9 Å². The highest BCUT2D eigenvalue weighted by Crippen LogP contribution is 2.54. The molecule has 2 N–H and O–H groups in total. The van der Waals surface area contributed by atoms with Crippen LogP contribution < -0.4 is 5.32 Å². The number of nitrogens with one attached hydrogen (secondary N) is 1. The standard InChI is InChI=1S/C29H33F3N2O3/c30-29(31,32)24-8-4-5-20(12-24)27(36)33-17-26(35)11-19-9-10-34(18-19)25-13-21-15-28(37,16-22(21)14-25)23-6-2-1-3-7-23/h1-8,12,19,21-22,25,37H,9-11,13-18H2,(H,33,36)/t19-,21-,22+,25?,28?/m0/s1. The first-order valence-electron chi connectivity index (χ1n) is 13.1. The van der Waals surface area contributed by atoms with Gasteiger partial charge in [-0.2, -0.15) is 13.2 Å². The van der Waals surface area contributed by atoms with Crippen LogP contribution in [0, 0.1) is 17.8 Å². The summed E-state index contributed by atoms with van der Waals surface area (Å²) in [7, 11) is 0. The predicted octanol–water partition coefficient (Wildman–Crippen LogP) is 4.79. The van der Waals surface area contributed by atoms with Gasteiger partial charge in [-0.05, 0) is 80.2 Å². The minimum Gasteiger partial charge on any atom is -0.385 e. The van der Waals surface area contributed by atoms with E-state index in [0.29, 0.717) is 24.3 Å². The summed E-state index contributed by atoms with van der Waals surface area (Å²) in [5.74, 6) is 0.465. The average Bonchev–Trinajstić information content (AvgIpc) is 3.56. The third-order valence-electron chi connectivity index (χ3n) is 8.58. The van der Waals surface area contributed by atoms with Crippen LogP contribution in [0.2, 0.25) is 0 Å². The van der Waals surface area contributed by atoms with E-state index in [-0.39, 0.29) is 23.8 Å². The van der Waals surface area contributed by atoms with Crippen molar-refractivity contribution in [3.63, 3.8) is 0 Å². The fourth-order valence-electron chi connectivity index (χ4n) is 6.79. The van der Waals surface area contributed by atoms with Gasteiger partial charge in [0.2, 0.25) is 0 Å². The summed E-state index contributed by atoms with van der Waals surface area (Å²) in [6.45, 7) is 1.61. The number of hydrogen-bond acceptors (Lipinski definition) is 4. The lowest BCUT2D eigenvalue weighted by atomic mass is 9.89. The summed E-state index contributed by atoms with van der Waals surface area (Å²) in [5.41, 5.74) is -0.709. The van der Waals surface area contributed by atoms with E-state index in [4.69, 9.17) is 0 Å². The highest BCUT2D eigenvalue weighted by atomic mass is 19.4. The first-order valence-corrected chi connectivity index (χ1v) is 13.1. The van der Waals surface area contributed by atoms with Crippen LogP contribution in [0.5, 0.6) is 0 Å². The Bertz CT molecular complexity index is 1120. The van der Waals surface area contributed by atoms with Gasteiger partial charge in [0.25, 0.3) is 5.91 Å². The van der Waals surface area contributed by atoms with Gasteiger partial charge in [0.05, 0.1) is 17.7 Å².